The van der Waals surface area contributed by atoms with Crippen LogP contribution in [0.25, 0.3) is 0 Å². The van der Waals surface area contributed by atoms with Gasteiger partial charge in [-0.25, -0.2) is 0 Å². The fourth-order valence-corrected chi connectivity index (χ4v) is 9.18. The summed E-state index contributed by atoms with van der Waals surface area (Å²) in [6.07, 6.45) is 59.1. The van der Waals surface area contributed by atoms with E-state index < -0.39 is 49.5 Å². The molecule has 1 rings (SSSR count). The number of hydrogen-bond acceptors (Lipinski definition) is 8. The fraction of sp³-hybridized carbons (Fsp3) is 0.850. The average Bonchev–Trinajstić information content (AvgIpc) is 3.35. The normalized spacial score (nSPS) is 19.8. The summed E-state index contributed by atoms with van der Waals surface area (Å²) < 4.78 is 11.2. The number of allylic oxidation sites excluding steroid dienone is 7. The number of unbranched alkanes of at least 4 members (excludes halogenated alkanes) is 34. The van der Waals surface area contributed by atoms with Crippen molar-refractivity contribution < 1.29 is 39.8 Å². The van der Waals surface area contributed by atoms with E-state index >= 15 is 0 Å². The highest BCUT2D eigenvalue weighted by Gasteiger charge is 2.44. The first-order valence-electron chi connectivity index (χ1n) is 29.4. The topological polar surface area (TPSA) is 149 Å². The lowest BCUT2D eigenvalue weighted by molar-refractivity contribution is -0.302. The highest BCUT2D eigenvalue weighted by Crippen LogP contribution is 2.23. The number of ether oxygens (including phenoxy) is 2. The Bertz CT molecular complexity index is 1220. The molecule has 9 nitrogen and oxygen atoms in total. The van der Waals surface area contributed by atoms with Crippen LogP contribution in [0.4, 0.5) is 0 Å². The third-order valence-corrected chi connectivity index (χ3v) is 13.9. The number of amides is 1. The van der Waals surface area contributed by atoms with E-state index in [9.17, 15) is 30.3 Å². The zero-order chi connectivity index (χ0) is 50.1. The lowest BCUT2D eigenvalue weighted by Crippen LogP contribution is -2.60. The molecule has 1 fully saturated rings. The molecule has 404 valence electrons. The lowest BCUT2D eigenvalue weighted by atomic mass is 9.99. The quantitative estimate of drug-likeness (QED) is 0.0261. The lowest BCUT2D eigenvalue weighted by Gasteiger charge is -2.40. The van der Waals surface area contributed by atoms with Crippen LogP contribution in [0.2, 0.25) is 0 Å². The molecule has 0 radical (unpaired) electrons. The second-order valence-corrected chi connectivity index (χ2v) is 20.4. The van der Waals surface area contributed by atoms with Crippen LogP contribution in [-0.2, 0) is 14.3 Å². The van der Waals surface area contributed by atoms with Crippen molar-refractivity contribution in [2.24, 2.45) is 0 Å². The number of aliphatic hydroxyl groups is 5. The second-order valence-electron chi connectivity index (χ2n) is 20.4. The molecule has 7 unspecified atom stereocenters. The van der Waals surface area contributed by atoms with E-state index in [2.05, 4.69) is 55.6 Å². The summed E-state index contributed by atoms with van der Waals surface area (Å²) in [6, 6.07) is -0.827. The molecule has 1 aliphatic rings. The smallest absolute Gasteiger partial charge is 0.220 e. The van der Waals surface area contributed by atoms with E-state index in [1.54, 1.807) is 6.08 Å². The van der Waals surface area contributed by atoms with Gasteiger partial charge >= 0.3 is 0 Å². The van der Waals surface area contributed by atoms with E-state index in [4.69, 9.17) is 9.47 Å². The van der Waals surface area contributed by atoms with Gasteiger partial charge in [0.1, 0.15) is 24.4 Å². The van der Waals surface area contributed by atoms with E-state index in [1.165, 1.54) is 199 Å². The largest absolute Gasteiger partial charge is 0.394 e. The van der Waals surface area contributed by atoms with Gasteiger partial charge in [0.2, 0.25) is 5.91 Å². The maximum absolute atomic E-state index is 13.0. The van der Waals surface area contributed by atoms with Gasteiger partial charge in [-0.05, 0) is 70.6 Å². The van der Waals surface area contributed by atoms with Gasteiger partial charge in [-0.3, -0.25) is 4.79 Å². The average molecular weight is 975 g/mol. The van der Waals surface area contributed by atoms with Crippen molar-refractivity contribution in [3.05, 3.63) is 48.6 Å². The first kappa shape index (κ1) is 65.2. The summed E-state index contributed by atoms with van der Waals surface area (Å²) in [5.41, 5.74) is 0. The summed E-state index contributed by atoms with van der Waals surface area (Å²) in [7, 11) is 0. The summed E-state index contributed by atoms with van der Waals surface area (Å²) in [4.78, 5) is 13.0. The molecule has 0 aromatic heterocycles. The molecular formula is C60H111NO8. The Hall–Kier alpha value is -1.85. The van der Waals surface area contributed by atoms with Crippen molar-refractivity contribution >= 4 is 5.91 Å². The number of nitrogens with one attached hydrogen (secondary N) is 1. The maximum atomic E-state index is 13.0. The van der Waals surface area contributed by atoms with Crippen LogP contribution in [0.5, 0.6) is 0 Å². The van der Waals surface area contributed by atoms with Gasteiger partial charge in [0.15, 0.2) is 6.29 Å². The molecule has 0 spiro atoms. The SMILES string of the molecule is CCCCCC/C=C/CC/C=C/CC/C=C/C(O)C(COC1OC(CO)C(O)C(O)C1O)NC(=O)CCCCCCCCCCCCCCCCCC/C=C\CCCCCCCCCCCCCC. The van der Waals surface area contributed by atoms with Gasteiger partial charge < -0.3 is 40.3 Å². The molecule has 0 saturated carbocycles. The van der Waals surface area contributed by atoms with E-state index in [0.29, 0.717) is 6.42 Å². The molecule has 6 N–H and O–H groups in total. The summed E-state index contributed by atoms with van der Waals surface area (Å²) >= 11 is 0. The molecule has 0 aromatic carbocycles. The van der Waals surface area contributed by atoms with Crippen LogP contribution in [0.15, 0.2) is 48.6 Å². The van der Waals surface area contributed by atoms with Crippen molar-refractivity contribution in [1.82, 2.24) is 5.32 Å². The minimum Gasteiger partial charge on any atom is -0.394 e. The molecule has 0 bridgehead atoms. The van der Waals surface area contributed by atoms with Gasteiger partial charge in [-0.2, -0.15) is 0 Å². The number of rotatable bonds is 50. The Kier molecular flexibility index (Phi) is 47.0. The Labute approximate surface area is 424 Å². The molecule has 1 heterocycles. The van der Waals surface area contributed by atoms with Crippen LogP contribution in [0.1, 0.15) is 271 Å². The first-order chi connectivity index (χ1) is 33.8. The molecule has 9 heteroatoms. The van der Waals surface area contributed by atoms with Crippen LogP contribution >= 0.6 is 0 Å². The Morgan fingerprint density at radius 2 is 0.826 bits per heavy atom. The van der Waals surface area contributed by atoms with Crippen LogP contribution < -0.4 is 5.32 Å². The Morgan fingerprint density at radius 3 is 1.23 bits per heavy atom. The van der Waals surface area contributed by atoms with Gasteiger partial charge in [0.05, 0.1) is 25.4 Å². The van der Waals surface area contributed by atoms with E-state index in [0.717, 1.165) is 51.4 Å². The summed E-state index contributed by atoms with van der Waals surface area (Å²) in [6.45, 7) is 3.75. The number of carbonyl (C=O) groups is 1. The molecule has 0 aromatic rings. The van der Waals surface area contributed by atoms with Crippen molar-refractivity contribution in [1.29, 1.82) is 0 Å². The summed E-state index contributed by atoms with van der Waals surface area (Å²) in [5, 5.41) is 54.4. The van der Waals surface area contributed by atoms with Gasteiger partial charge in [-0.15, -0.1) is 0 Å². The van der Waals surface area contributed by atoms with Crippen LogP contribution in [-0.4, -0.2) is 87.5 Å². The first-order valence-corrected chi connectivity index (χ1v) is 29.4. The van der Waals surface area contributed by atoms with Crippen LogP contribution in [0.3, 0.4) is 0 Å². The van der Waals surface area contributed by atoms with E-state index in [1.807, 2.05) is 6.08 Å². The highest BCUT2D eigenvalue weighted by molar-refractivity contribution is 5.76. The number of carbonyl (C=O) groups excluding carboxylic acids is 1. The zero-order valence-electron chi connectivity index (χ0n) is 44.8. The predicted octanol–water partition coefficient (Wildman–Crippen LogP) is 14.5. The maximum Gasteiger partial charge on any atom is 0.220 e. The monoisotopic (exact) mass is 974 g/mol. The van der Waals surface area contributed by atoms with Gasteiger partial charge in [0.25, 0.3) is 0 Å². The second kappa shape index (κ2) is 49.7. The highest BCUT2D eigenvalue weighted by atomic mass is 16.7. The van der Waals surface area contributed by atoms with Crippen LogP contribution in [0, 0.1) is 0 Å². The predicted molar refractivity (Wildman–Crippen MR) is 290 cm³/mol. The van der Waals surface area contributed by atoms with Crippen molar-refractivity contribution in [2.45, 2.75) is 314 Å². The molecule has 7 atom stereocenters. The minimum atomic E-state index is -1.57. The third-order valence-electron chi connectivity index (χ3n) is 13.9. The zero-order valence-corrected chi connectivity index (χ0v) is 44.8. The Balaban J connectivity index is 2.14. The van der Waals surface area contributed by atoms with Gasteiger partial charge in [-0.1, -0.05) is 242 Å². The molecule has 0 aliphatic carbocycles. The standard InChI is InChI=1S/C60H111NO8/c1-3-5-7-9-11-13-15-17-19-20-21-22-23-24-25-26-27-28-29-30-31-32-33-34-35-36-38-40-42-44-46-48-50-56(64)61-53(52-68-60-59(67)58(66)57(65)55(51-62)69-60)54(63)49-47-45-43-41-39-37-18-16-14-12-10-8-6-4-2/h14,16,24-25,39,41,47,49,53-55,57-60,62-63,65-67H,3-13,15,17-23,26-38,40,42-46,48,50-52H2,1-2H3,(H,61,64)/b16-14+,25-24-,41-39+,49-47+. The minimum absolute atomic E-state index is 0.189. The van der Waals surface area contributed by atoms with Crippen molar-refractivity contribution in [3.8, 4) is 0 Å². The molecule has 1 aliphatic heterocycles. The number of aliphatic hydroxyl groups excluding tert-OH is 5. The summed E-state index contributed by atoms with van der Waals surface area (Å²) in [5.74, 6) is -0.189. The van der Waals surface area contributed by atoms with Crippen molar-refractivity contribution in [3.63, 3.8) is 0 Å². The molecule has 1 saturated heterocycles. The molecule has 1 amide bonds. The number of hydrogen-bond donors (Lipinski definition) is 6. The molecular weight excluding hydrogens is 863 g/mol. The van der Waals surface area contributed by atoms with Crippen molar-refractivity contribution in [2.75, 3.05) is 13.2 Å². The molecule has 69 heavy (non-hydrogen) atoms. The van der Waals surface area contributed by atoms with Gasteiger partial charge in [0, 0.05) is 6.42 Å². The Morgan fingerprint density at radius 1 is 0.478 bits per heavy atom. The van der Waals surface area contributed by atoms with E-state index in [-0.39, 0.29) is 12.5 Å². The fourth-order valence-electron chi connectivity index (χ4n) is 9.18. The third kappa shape index (κ3) is 39.4.